The molecule has 1 aromatic rings. The third-order valence-electron chi connectivity index (χ3n) is 2.58. The smallest absolute Gasteiger partial charge is 0.213 e. The summed E-state index contributed by atoms with van der Waals surface area (Å²) in [5.74, 6) is 0.744. The Balaban J connectivity index is 1.71. The van der Waals surface area contributed by atoms with Gasteiger partial charge in [0.25, 0.3) is 0 Å². The number of aromatic hydroxyl groups is 1. The molecule has 2 rings (SSSR count). The number of hydrogen-bond donors (Lipinski definition) is 1. The summed E-state index contributed by atoms with van der Waals surface area (Å²) < 4.78 is 5.46. The molecule has 1 saturated heterocycles. The van der Waals surface area contributed by atoms with Gasteiger partial charge in [-0.2, -0.15) is 0 Å². The molecule has 1 fully saturated rings. The molecule has 0 atom stereocenters. The summed E-state index contributed by atoms with van der Waals surface area (Å²) in [6.07, 6.45) is 4.00. The van der Waals surface area contributed by atoms with Gasteiger partial charge in [0, 0.05) is 12.6 Å². The fourth-order valence-corrected chi connectivity index (χ4v) is 1.74. The molecule has 0 aliphatic carbocycles. The minimum atomic E-state index is 0.168. The SMILES string of the molecule is Oc1ccc(OCCN2CCCC2)nc1. The van der Waals surface area contributed by atoms with Gasteiger partial charge in [0.15, 0.2) is 0 Å². The number of ether oxygens (including phenoxy) is 1. The minimum absolute atomic E-state index is 0.168. The molecule has 0 amide bonds. The van der Waals surface area contributed by atoms with Crippen LogP contribution >= 0.6 is 0 Å². The second-order valence-corrected chi connectivity index (χ2v) is 3.75. The van der Waals surface area contributed by atoms with Crippen LogP contribution in [0.2, 0.25) is 0 Å². The van der Waals surface area contributed by atoms with E-state index < -0.39 is 0 Å². The molecular formula is C11H16N2O2. The number of aromatic nitrogens is 1. The molecular weight excluding hydrogens is 192 g/mol. The summed E-state index contributed by atoms with van der Waals surface area (Å²) in [5.41, 5.74) is 0. The van der Waals surface area contributed by atoms with Crippen molar-refractivity contribution < 1.29 is 9.84 Å². The summed E-state index contributed by atoms with van der Waals surface area (Å²) in [7, 11) is 0. The van der Waals surface area contributed by atoms with Crippen molar-refractivity contribution in [1.29, 1.82) is 0 Å². The van der Waals surface area contributed by atoms with E-state index >= 15 is 0 Å². The highest BCUT2D eigenvalue weighted by atomic mass is 16.5. The largest absolute Gasteiger partial charge is 0.506 e. The molecule has 1 aromatic heterocycles. The topological polar surface area (TPSA) is 45.6 Å². The van der Waals surface area contributed by atoms with E-state index in [0.717, 1.165) is 6.54 Å². The van der Waals surface area contributed by atoms with E-state index in [4.69, 9.17) is 9.84 Å². The van der Waals surface area contributed by atoms with Crippen molar-refractivity contribution in [3.8, 4) is 11.6 Å². The van der Waals surface area contributed by atoms with Crippen molar-refractivity contribution in [1.82, 2.24) is 9.88 Å². The molecule has 0 aromatic carbocycles. The first kappa shape index (κ1) is 10.2. The van der Waals surface area contributed by atoms with E-state index in [1.807, 2.05) is 0 Å². The van der Waals surface area contributed by atoms with Gasteiger partial charge in [-0.25, -0.2) is 4.98 Å². The summed E-state index contributed by atoms with van der Waals surface area (Å²) in [4.78, 5) is 6.34. The second kappa shape index (κ2) is 4.98. The molecule has 4 heteroatoms. The molecule has 1 N–H and O–H groups in total. The first-order valence-electron chi connectivity index (χ1n) is 5.35. The fourth-order valence-electron chi connectivity index (χ4n) is 1.74. The van der Waals surface area contributed by atoms with Gasteiger partial charge in [-0.3, -0.25) is 4.90 Å². The van der Waals surface area contributed by atoms with E-state index in [0.29, 0.717) is 12.5 Å². The first-order chi connectivity index (χ1) is 7.34. The second-order valence-electron chi connectivity index (χ2n) is 3.75. The number of rotatable bonds is 4. The van der Waals surface area contributed by atoms with Gasteiger partial charge in [-0.15, -0.1) is 0 Å². The van der Waals surface area contributed by atoms with E-state index in [-0.39, 0.29) is 5.75 Å². The average Bonchev–Trinajstić information content (AvgIpc) is 2.74. The van der Waals surface area contributed by atoms with Crippen molar-refractivity contribution in [2.75, 3.05) is 26.2 Å². The molecule has 0 spiro atoms. The Labute approximate surface area is 89.5 Å². The van der Waals surface area contributed by atoms with Crippen molar-refractivity contribution >= 4 is 0 Å². The van der Waals surface area contributed by atoms with Gasteiger partial charge in [-0.1, -0.05) is 0 Å². The van der Waals surface area contributed by atoms with Crippen molar-refractivity contribution in [2.24, 2.45) is 0 Å². The van der Waals surface area contributed by atoms with Crippen molar-refractivity contribution in [3.05, 3.63) is 18.3 Å². The molecule has 15 heavy (non-hydrogen) atoms. The van der Waals surface area contributed by atoms with Gasteiger partial charge < -0.3 is 9.84 Å². The number of likely N-dealkylation sites (tertiary alicyclic amines) is 1. The van der Waals surface area contributed by atoms with Crippen LogP contribution in [0.5, 0.6) is 11.6 Å². The third-order valence-corrected chi connectivity index (χ3v) is 2.58. The molecule has 4 nitrogen and oxygen atoms in total. The van der Waals surface area contributed by atoms with Crippen LogP contribution in [0.1, 0.15) is 12.8 Å². The van der Waals surface area contributed by atoms with E-state index in [1.54, 1.807) is 12.1 Å². The van der Waals surface area contributed by atoms with Crippen LogP contribution in [0, 0.1) is 0 Å². The third kappa shape index (κ3) is 3.09. The summed E-state index contributed by atoms with van der Waals surface area (Å²) >= 11 is 0. The first-order valence-corrected chi connectivity index (χ1v) is 5.35. The summed E-state index contributed by atoms with van der Waals surface area (Å²) in [6, 6.07) is 3.26. The van der Waals surface area contributed by atoms with Crippen LogP contribution < -0.4 is 4.74 Å². The Morgan fingerprint density at radius 2 is 2.13 bits per heavy atom. The van der Waals surface area contributed by atoms with Crippen LogP contribution in [0.15, 0.2) is 18.3 Å². The van der Waals surface area contributed by atoms with Crippen LogP contribution in [0.25, 0.3) is 0 Å². The monoisotopic (exact) mass is 208 g/mol. The molecule has 1 aliphatic rings. The highest BCUT2D eigenvalue weighted by Crippen LogP contribution is 2.12. The quantitative estimate of drug-likeness (QED) is 0.809. The Morgan fingerprint density at radius 1 is 1.33 bits per heavy atom. The molecule has 0 unspecified atom stereocenters. The van der Waals surface area contributed by atoms with Crippen LogP contribution in [0.3, 0.4) is 0 Å². The Hall–Kier alpha value is -1.29. The zero-order valence-electron chi connectivity index (χ0n) is 8.72. The number of hydrogen-bond acceptors (Lipinski definition) is 4. The normalized spacial score (nSPS) is 16.8. The minimum Gasteiger partial charge on any atom is -0.506 e. The van der Waals surface area contributed by atoms with Gasteiger partial charge >= 0.3 is 0 Å². The Morgan fingerprint density at radius 3 is 2.80 bits per heavy atom. The standard InChI is InChI=1S/C11H16N2O2/c14-10-3-4-11(12-9-10)15-8-7-13-5-1-2-6-13/h3-4,9,14H,1-2,5-8H2. The Bertz CT molecular complexity index is 294. The van der Waals surface area contributed by atoms with Gasteiger partial charge in [0.2, 0.25) is 5.88 Å². The van der Waals surface area contributed by atoms with Gasteiger partial charge in [0.1, 0.15) is 12.4 Å². The van der Waals surface area contributed by atoms with Crippen LogP contribution in [-0.2, 0) is 0 Å². The highest BCUT2D eigenvalue weighted by molar-refractivity contribution is 5.21. The maximum atomic E-state index is 9.03. The average molecular weight is 208 g/mol. The number of pyridine rings is 1. The van der Waals surface area contributed by atoms with E-state index in [1.165, 1.54) is 32.1 Å². The van der Waals surface area contributed by atoms with Crippen LogP contribution in [0.4, 0.5) is 0 Å². The van der Waals surface area contributed by atoms with Crippen molar-refractivity contribution in [2.45, 2.75) is 12.8 Å². The molecule has 0 saturated carbocycles. The lowest BCUT2D eigenvalue weighted by Crippen LogP contribution is -2.25. The van der Waals surface area contributed by atoms with E-state index in [9.17, 15) is 0 Å². The summed E-state index contributed by atoms with van der Waals surface area (Å²) in [6.45, 7) is 4.00. The maximum Gasteiger partial charge on any atom is 0.213 e. The number of nitrogens with zero attached hydrogens (tertiary/aromatic N) is 2. The van der Waals surface area contributed by atoms with Gasteiger partial charge in [-0.05, 0) is 32.0 Å². The Kier molecular flexibility index (Phi) is 3.40. The molecule has 1 aliphatic heterocycles. The van der Waals surface area contributed by atoms with Crippen molar-refractivity contribution in [3.63, 3.8) is 0 Å². The predicted octanol–water partition coefficient (Wildman–Crippen LogP) is 1.26. The zero-order valence-corrected chi connectivity index (χ0v) is 8.72. The van der Waals surface area contributed by atoms with E-state index in [2.05, 4.69) is 9.88 Å². The lowest BCUT2D eigenvalue weighted by molar-refractivity contribution is 0.231. The molecule has 2 heterocycles. The lowest BCUT2D eigenvalue weighted by atomic mass is 10.4. The zero-order chi connectivity index (χ0) is 10.5. The maximum absolute atomic E-state index is 9.03. The predicted molar refractivity (Wildman–Crippen MR) is 57.1 cm³/mol. The summed E-state index contributed by atoms with van der Waals surface area (Å²) in [5, 5.41) is 9.03. The highest BCUT2D eigenvalue weighted by Gasteiger charge is 2.10. The lowest BCUT2D eigenvalue weighted by Gasteiger charge is -2.14. The van der Waals surface area contributed by atoms with Gasteiger partial charge in [0.05, 0.1) is 6.20 Å². The molecule has 82 valence electrons. The molecule has 0 bridgehead atoms. The molecule has 0 radical (unpaired) electrons. The fraction of sp³-hybridized carbons (Fsp3) is 0.545. The van der Waals surface area contributed by atoms with Crippen LogP contribution in [-0.4, -0.2) is 41.2 Å².